The number of rotatable bonds is 4. The Morgan fingerprint density at radius 1 is 1.44 bits per heavy atom. The highest BCUT2D eigenvalue weighted by Crippen LogP contribution is 2.19. The Kier molecular flexibility index (Phi) is 4.31. The predicted molar refractivity (Wildman–Crippen MR) is 63.3 cm³/mol. The number of aryl methyl sites for hydroxylation is 1. The normalized spacial score (nSPS) is 10.3. The third kappa shape index (κ3) is 3.55. The molecule has 88 valence electrons. The molecule has 0 fully saturated rings. The second-order valence-corrected chi connectivity index (χ2v) is 3.92. The van der Waals surface area contributed by atoms with Crippen LogP contribution in [0.4, 0.5) is 0 Å². The van der Waals surface area contributed by atoms with Crippen molar-refractivity contribution in [3.05, 3.63) is 29.3 Å². The molecule has 0 aliphatic heterocycles. The number of nitrogens with zero attached hydrogens (tertiary/aromatic N) is 1. The molecule has 0 heterocycles. The summed E-state index contributed by atoms with van der Waals surface area (Å²) in [4.78, 5) is 11.6. The van der Waals surface area contributed by atoms with E-state index in [1.54, 1.807) is 26.2 Å². The Balaban J connectivity index is 2.79. The molecule has 1 N–H and O–H groups in total. The molecule has 0 aliphatic carbocycles. The lowest BCUT2D eigenvalue weighted by atomic mass is 10.1. The summed E-state index contributed by atoms with van der Waals surface area (Å²) in [7, 11) is 5.18. The van der Waals surface area contributed by atoms with Gasteiger partial charge in [0.05, 0.1) is 13.5 Å². The van der Waals surface area contributed by atoms with E-state index in [0.717, 1.165) is 16.9 Å². The maximum absolute atomic E-state index is 11.6. The summed E-state index contributed by atoms with van der Waals surface area (Å²) in [5, 5.41) is 1.63. The van der Waals surface area contributed by atoms with Crippen LogP contribution in [0, 0.1) is 6.92 Å². The van der Waals surface area contributed by atoms with Gasteiger partial charge in [0.2, 0.25) is 5.91 Å². The van der Waals surface area contributed by atoms with Crippen LogP contribution in [0.1, 0.15) is 11.1 Å². The van der Waals surface area contributed by atoms with Crippen LogP contribution in [0.3, 0.4) is 0 Å². The van der Waals surface area contributed by atoms with E-state index in [1.807, 2.05) is 25.1 Å². The monoisotopic (exact) mass is 222 g/mol. The molecule has 1 aromatic carbocycles. The number of hydrogen-bond acceptors (Lipinski definition) is 3. The van der Waals surface area contributed by atoms with Gasteiger partial charge in [-0.05, 0) is 13.0 Å². The molecule has 0 saturated heterocycles. The number of benzene rings is 1. The lowest BCUT2D eigenvalue weighted by molar-refractivity contribution is -0.124. The van der Waals surface area contributed by atoms with Gasteiger partial charge in [-0.3, -0.25) is 10.2 Å². The molecular formula is C12H18N2O2. The van der Waals surface area contributed by atoms with E-state index >= 15 is 0 Å². The second-order valence-electron chi connectivity index (χ2n) is 3.92. The minimum absolute atomic E-state index is 0.0473. The fourth-order valence-corrected chi connectivity index (χ4v) is 1.51. The predicted octanol–water partition coefficient (Wildman–Crippen LogP) is 1.14. The van der Waals surface area contributed by atoms with Crippen molar-refractivity contribution in [3.63, 3.8) is 0 Å². The van der Waals surface area contributed by atoms with E-state index in [-0.39, 0.29) is 5.91 Å². The van der Waals surface area contributed by atoms with Crippen LogP contribution in [0.25, 0.3) is 0 Å². The van der Waals surface area contributed by atoms with Crippen LogP contribution in [-0.4, -0.2) is 32.1 Å². The summed E-state index contributed by atoms with van der Waals surface area (Å²) in [6, 6.07) is 5.81. The molecule has 0 aromatic heterocycles. The highest BCUT2D eigenvalue weighted by Gasteiger charge is 2.09. The number of hydrazine groups is 1. The molecule has 1 rings (SSSR count). The smallest absolute Gasteiger partial charge is 0.238 e. The summed E-state index contributed by atoms with van der Waals surface area (Å²) in [5.74, 6) is 0.702. The van der Waals surface area contributed by atoms with Gasteiger partial charge < -0.3 is 4.74 Å². The van der Waals surface area contributed by atoms with Gasteiger partial charge in [-0.2, -0.15) is 0 Å². The maximum Gasteiger partial charge on any atom is 0.238 e. The first-order chi connectivity index (χ1) is 7.52. The zero-order chi connectivity index (χ0) is 12.1. The van der Waals surface area contributed by atoms with Gasteiger partial charge in [-0.15, -0.1) is 0 Å². The van der Waals surface area contributed by atoms with Crippen molar-refractivity contribution in [1.82, 2.24) is 10.4 Å². The van der Waals surface area contributed by atoms with Crippen molar-refractivity contribution >= 4 is 5.91 Å². The Hall–Kier alpha value is -1.55. The quantitative estimate of drug-likeness (QED) is 0.777. The number of nitrogens with one attached hydrogen (secondary N) is 1. The molecule has 0 atom stereocenters. The van der Waals surface area contributed by atoms with Crippen LogP contribution in [0.15, 0.2) is 18.2 Å². The van der Waals surface area contributed by atoms with Gasteiger partial charge >= 0.3 is 0 Å². The van der Waals surface area contributed by atoms with E-state index in [1.165, 1.54) is 0 Å². The van der Waals surface area contributed by atoms with E-state index in [0.29, 0.717) is 6.42 Å². The third-order valence-electron chi connectivity index (χ3n) is 2.14. The zero-order valence-corrected chi connectivity index (χ0v) is 10.2. The molecule has 1 aromatic rings. The Morgan fingerprint density at radius 3 is 2.69 bits per heavy atom. The van der Waals surface area contributed by atoms with Gasteiger partial charge in [0.25, 0.3) is 0 Å². The van der Waals surface area contributed by atoms with E-state index < -0.39 is 0 Å². The largest absolute Gasteiger partial charge is 0.496 e. The summed E-state index contributed by atoms with van der Waals surface area (Å²) in [5.41, 5.74) is 4.72. The fraction of sp³-hybridized carbons (Fsp3) is 0.417. The van der Waals surface area contributed by atoms with Crippen molar-refractivity contribution < 1.29 is 9.53 Å². The van der Waals surface area contributed by atoms with E-state index in [4.69, 9.17) is 4.74 Å². The fourth-order valence-electron chi connectivity index (χ4n) is 1.51. The average Bonchev–Trinajstić information content (AvgIpc) is 2.16. The number of hydrogen-bond donors (Lipinski definition) is 1. The molecule has 16 heavy (non-hydrogen) atoms. The van der Waals surface area contributed by atoms with Crippen LogP contribution in [0.5, 0.6) is 5.75 Å². The number of amides is 1. The summed E-state index contributed by atoms with van der Waals surface area (Å²) >= 11 is 0. The lowest BCUT2D eigenvalue weighted by Gasteiger charge is -2.13. The standard InChI is InChI=1S/C12H18N2O2/c1-9-5-6-11(16-4)10(7-9)8-12(15)13-14(2)3/h5-7H,8H2,1-4H3,(H,13,15). The van der Waals surface area contributed by atoms with Crippen molar-refractivity contribution in [2.75, 3.05) is 21.2 Å². The molecule has 0 radical (unpaired) electrons. The topological polar surface area (TPSA) is 41.6 Å². The molecule has 4 heteroatoms. The summed E-state index contributed by atoms with van der Waals surface area (Å²) in [6.45, 7) is 1.99. The van der Waals surface area contributed by atoms with Crippen LogP contribution >= 0.6 is 0 Å². The van der Waals surface area contributed by atoms with Crippen LogP contribution in [0.2, 0.25) is 0 Å². The third-order valence-corrected chi connectivity index (χ3v) is 2.14. The minimum atomic E-state index is -0.0473. The van der Waals surface area contributed by atoms with E-state index in [9.17, 15) is 4.79 Å². The van der Waals surface area contributed by atoms with Crippen LogP contribution < -0.4 is 10.2 Å². The highest BCUT2D eigenvalue weighted by atomic mass is 16.5. The molecule has 0 spiro atoms. The Morgan fingerprint density at radius 2 is 2.12 bits per heavy atom. The summed E-state index contributed by atoms with van der Waals surface area (Å²) in [6.07, 6.45) is 0.322. The number of methoxy groups -OCH3 is 1. The SMILES string of the molecule is COc1ccc(C)cc1CC(=O)NN(C)C. The van der Waals surface area contributed by atoms with Crippen molar-refractivity contribution in [2.45, 2.75) is 13.3 Å². The Labute approximate surface area is 96.2 Å². The minimum Gasteiger partial charge on any atom is -0.496 e. The highest BCUT2D eigenvalue weighted by molar-refractivity contribution is 5.78. The van der Waals surface area contributed by atoms with Crippen molar-refractivity contribution in [2.24, 2.45) is 0 Å². The lowest BCUT2D eigenvalue weighted by Crippen LogP contribution is -2.37. The molecule has 0 unspecified atom stereocenters. The zero-order valence-electron chi connectivity index (χ0n) is 10.2. The van der Waals surface area contributed by atoms with Gasteiger partial charge in [-0.1, -0.05) is 17.7 Å². The van der Waals surface area contributed by atoms with Gasteiger partial charge in [-0.25, -0.2) is 5.01 Å². The first-order valence-corrected chi connectivity index (χ1v) is 5.13. The molecule has 4 nitrogen and oxygen atoms in total. The molecule has 0 bridgehead atoms. The first kappa shape index (κ1) is 12.5. The molecular weight excluding hydrogens is 204 g/mol. The Bertz CT molecular complexity index is 375. The number of carbonyl (C=O) groups is 1. The van der Waals surface area contributed by atoms with Crippen molar-refractivity contribution in [1.29, 1.82) is 0 Å². The maximum atomic E-state index is 11.6. The van der Waals surface area contributed by atoms with Crippen molar-refractivity contribution in [3.8, 4) is 5.75 Å². The average molecular weight is 222 g/mol. The van der Waals surface area contributed by atoms with Gasteiger partial charge in [0.1, 0.15) is 5.75 Å². The van der Waals surface area contributed by atoms with E-state index in [2.05, 4.69) is 5.43 Å². The van der Waals surface area contributed by atoms with Crippen LogP contribution in [-0.2, 0) is 11.2 Å². The van der Waals surface area contributed by atoms with Gasteiger partial charge in [0.15, 0.2) is 0 Å². The first-order valence-electron chi connectivity index (χ1n) is 5.13. The summed E-state index contributed by atoms with van der Waals surface area (Å²) < 4.78 is 5.21. The van der Waals surface area contributed by atoms with Gasteiger partial charge in [0, 0.05) is 19.7 Å². The number of ether oxygens (including phenoxy) is 1. The molecule has 1 amide bonds. The molecule has 0 saturated carbocycles. The molecule has 0 aliphatic rings. The number of carbonyl (C=O) groups excluding carboxylic acids is 1. The second kappa shape index (κ2) is 5.51.